The van der Waals surface area contributed by atoms with Crippen LogP contribution in [0.4, 0.5) is 5.69 Å². The summed E-state index contributed by atoms with van der Waals surface area (Å²) in [6.45, 7) is 4.41. The number of ether oxygens (including phenoxy) is 1. The number of aromatic carboxylic acids is 1. The van der Waals surface area contributed by atoms with Crippen LogP contribution in [-0.4, -0.2) is 23.6 Å². The molecule has 1 aliphatic heterocycles. The molecule has 1 aromatic heterocycles. The predicted octanol–water partition coefficient (Wildman–Crippen LogP) is 5.29. The number of aryl methyl sites for hydroxylation is 1. The number of benzene rings is 2. The largest absolute Gasteiger partial charge is 0.494 e. The lowest BCUT2D eigenvalue weighted by atomic mass is 9.88. The Bertz CT molecular complexity index is 1080. The molecule has 2 N–H and O–H groups in total. The van der Waals surface area contributed by atoms with Gasteiger partial charge in [-0.1, -0.05) is 48.0 Å². The van der Waals surface area contributed by atoms with Crippen molar-refractivity contribution in [3.63, 3.8) is 0 Å². The quantitative estimate of drug-likeness (QED) is 0.602. The average Bonchev–Trinajstić information content (AvgIpc) is 3.08. The van der Waals surface area contributed by atoms with Gasteiger partial charge in [0.25, 0.3) is 0 Å². The van der Waals surface area contributed by atoms with Crippen molar-refractivity contribution in [3.05, 3.63) is 69.4 Å². The van der Waals surface area contributed by atoms with Crippen LogP contribution in [0.15, 0.2) is 48.5 Å². The van der Waals surface area contributed by atoms with Crippen molar-refractivity contribution < 1.29 is 19.4 Å². The molecule has 148 valence electrons. The molecule has 1 amide bonds. The van der Waals surface area contributed by atoms with Crippen molar-refractivity contribution in [1.29, 1.82) is 0 Å². The highest BCUT2D eigenvalue weighted by molar-refractivity contribution is 7.15. The number of hydrogen-bond donors (Lipinski definition) is 2. The lowest BCUT2D eigenvalue weighted by Gasteiger charge is -2.25. The average molecular weight is 407 g/mol. The zero-order valence-corrected chi connectivity index (χ0v) is 17.0. The molecule has 0 spiro atoms. The van der Waals surface area contributed by atoms with Crippen LogP contribution in [-0.2, 0) is 4.79 Å². The number of para-hydroxylation sites is 1. The van der Waals surface area contributed by atoms with Crippen molar-refractivity contribution in [2.45, 2.75) is 26.2 Å². The highest BCUT2D eigenvalue weighted by Gasteiger charge is 2.35. The third-order valence-electron chi connectivity index (χ3n) is 5.03. The van der Waals surface area contributed by atoms with Crippen LogP contribution >= 0.6 is 11.3 Å². The number of carbonyl (C=O) groups excluding carboxylic acids is 1. The van der Waals surface area contributed by atoms with Crippen LogP contribution in [0, 0.1) is 6.92 Å². The van der Waals surface area contributed by atoms with Crippen molar-refractivity contribution in [3.8, 4) is 16.9 Å². The van der Waals surface area contributed by atoms with Gasteiger partial charge < -0.3 is 15.2 Å². The van der Waals surface area contributed by atoms with Gasteiger partial charge in [-0.25, -0.2) is 4.79 Å². The Morgan fingerprint density at radius 2 is 1.93 bits per heavy atom. The van der Waals surface area contributed by atoms with Crippen molar-refractivity contribution in [1.82, 2.24) is 0 Å². The van der Waals surface area contributed by atoms with Gasteiger partial charge >= 0.3 is 5.97 Å². The number of fused-ring (bicyclic) bond motifs is 1. The smallest absolute Gasteiger partial charge is 0.346 e. The number of hydrogen-bond acceptors (Lipinski definition) is 4. The zero-order valence-electron chi connectivity index (χ0n) is 16.2. The number of amides is 1. The van der Waals surface area contributed by atoms with Gasteiger partial charge in [-0.15, -0.1) is 11.3 Å². The van der Waals surface area contributed by atoms with E-state index in [1.807, 2.05) is 62.4 Å². The zero-order chi connectivity index (χ0) is 20.5. The Hall–Kier alpha value is -3.12. The molecule has 0 fully saturated rings. The van der Waals surface area contributed by atoms with E-state index in [0.717, 1.165) is 27.3 Å². The van der Waals surface area contributed by atoms with E-state index in [1.165, 1.54) is 11.3 Å². The first-order valence-electron chi connectivity index (χ1n) is 9.48. The summed E-state index contributed by atoms with van der Waals surface area (Å²) in [5, 5.41) is 12.8. The highest BCUT2D eigenvalue weighted by Crippen LogP contribution is 2.50. The second-order valence-corrected chi connectivity index (χ2v) is 8.04. The second-order valence-electron chi connectivity index (χ2n) is 6.99. The maximum Gasteiger partial charge on any atom is 0.346 e. The van der Waals surface area contributed by atoms with E-state index in [9.17, 15) is 14.7 Å². The molecular formula is C23H21NO4S. The van der Waals surface area contributed by atoms with Crippen molar-refractivity contribution in [2.75, 3.05) is 11.9 Å². The van der Waals surface area contributed by atoms with Crippen LogP contribution in [0.25, 0.3) is 11.1 Å². The van der Waals surface area contributed by atoms with Gasteiger partial charge in [-0.3, -0.25) is 4.79 Å². The standard InChI is InChI=1S/C23H21NO4S/c1-3-28-17-7-5-4-6-15(17)16-12-18(25)24-20-19(14-10-8-13(2)9-11-14)22(23(26)27)29-21(16)20/h4-11,16H,3,12H2,1-2H3,(H,24,25)(H,26,27). The molecule has 0 saturated carbocycles. The molecular weight excluding hydrogens is 386 g/mol. The van der Waals surface area contributed by atoms with Crippen LogP contribution < -0.4 is 10.1 Å². The summed E-state index contributed by atoms with van der Waals surface area (Å²) in [4.78, 5) is 25.7. The van der Waals surface area contributed by atoms with Crippen LogP contribution in [0.5, 0.6) is 5.75 Å². The molecule has 1 unspecified atom stereocenters. The molecule has 0 radical (unpaired) electrons. The first kappa shape index (κ1) is 19.2. The molecule has 6 heteroatoms. The second kappa shape index (κ2) is 7.72. The number of carboxylic acids is 1. The topological polar surface area (TPSA) is 75.6 Å². The number of carbonyl (C=O) groups is 2. The summed E-state index contributed by atoms with van der Waals surface area (Å²) in [5.41, 5.74) is 3.94. The molecule has 0 saturated heterocycles. The maximum atomic E-state index is 12.6. The summed E-state index contributed by atoms with van der Waals surface area (Å²) in [6, 6.07) is 15.3. The summed E-state index contributed by atoms with van der Waals surface area (Å²) >= 11 is 1.23. The van der Waals surface area contributed by atoms with Gasteiger partial charge in [0, 0.05) is 28.3 Å². The Morgan fingerprint density at radius 1 is 1.21 bits per heavy atom. The Labute approximate surface area is 173 Å². The van der Waals surface area contributed by atoms with Crippen LogP contribution in [0.3, 0.4) is 0 Å². The molecule has 3 aromatic rings. The summed E-state index contributed by atoms with van der Waals surface area (Å²) in [5.74, 6) is -0.644. The van der Waals surface area contributed by atoms with E-state index < -0.39 is 5.97 Å². The molecule has 29 heavy (non-hydrogen) atoms. The van der Waals surface area contributed by atoms with Gasteiger partial charge in [0.1, 0.15) is 10.6 Å². The molecule has 0 aliphatic carbocycles. The first-order valence-corrected chi connectivity index (χ1v) is 10.3. The van der Waals surface area contributed by atoms with E-state index in [-0.39, 0.29) is 23.1 Å². The number of rotatable bonds is 5. The fourth-order valence-corrected chi connectivity index (χ4v) is 4.98. The Balaban J connectivity index is 1.92. The summed E-state index contributed by atoms with van der Waals surface area (Å²) in [7, 11) is 0. The lowest BCUT2D eigenvalue weighted by molar-refractivity contribution is -0.116. The van der Waals surface area contributed by atoms with Gasteiger partial charge in [0.05, 0.1) is 12.3 Å². The SMILES string of the molecule is CCOc1ccccc1C1CC(=O)Nc2c1sc(C(=O)O)c2-c1ccc(C)cc1. The van der Waals surface area contributed by atoms with Gasteiger partial charge in [-0.2, -0.15) is 0 Å². The van der Waals surface area contributed by atoms with E-state index in [1.54, 1.807) is 0 Å². The fourth-order valence-electron chi connectivity index (χ4n) is 3.74. The lowest BCUT2D eigenvalue weighted by Crippen LogP contribution is -2.22. The molecule has 1 atom stereocenters. The monoisotopic (exact) mass is 407 g/mol. The van der Waals surface area contributed by atoms with E-state index in [0.29, 0.717) is 17.9 Å². The third kappa shape index (κ3) is 3.51. The molecule has 0 bridgehead atoms. The fraction of sp³-hybridized carbons (Fsp3) is 0.217. The van der Waals surface area contributed by atoms with Gasteiger partial charge in [0.15, 0.2) is 0 Å². The van der Waals surface area contributed by atoms with Crippen LogP contribution in [0.1, 0.15) is 44.9 Å². The molecule has 4 rings (SSSR count). The number of thiophene rings is 1. The van der Waals surface area contributed by atoms with Gasteiger partial charge in [-0.05, 0) is 25.5 Å². The first-order chi connectivity index (χ1) is 14.0. The predicted molar refractivity (Wildman–Crippen MR) is 114 cm³/mol. The van der Waals surface area contributed by atoms with E-state index >= 15 is 0 Å². The Kier molecular flexibility index (Phi) is 5.11. The van der Waals surface area contributed by atoms with Crippen LogP contribution in [0.2, 0.25) is 0 Å². The third-order valence-corrected chi connectivity index (χ3v) is 6.33. The van der Waals surface area contributed by atoms with E-state index in [4.69, 9.17) is 4.74 Å². The highest BCUT2D eigenvalue weighted by atomic mass is 32.1. The molecule has 2 aromatic carbocycles. The van der Waals surface area contributed by atoms with Gasteiger partial charge in [0.2, 0.25) is 5.91 Å². The molecule has 5 nitrogen and oxygen atoms in total. The normalized spacial score (nSPS) is 15.5. The maximum absolute atomic E-state index is 12.6. The number of anilines is 1. The Morgan fingerprint density at radius 3 is 2.62 bits per heavy atom. The minimum Gasteiger partial charge on any atom is -0.494 e. The number of nitrogens with one attached hydrogen (secondary N) is 1. The summed E-state index contributed by atoms with van der Waals surface area (Å²) < 4.78 is 5.78. The molecule has 2 heterocycles. The minimum atomic E-state index is -0.994. The summed E-state index contributed by atoms with van der Waals surface area (Å²) in [6.07, 6.45) is 0.254. The van der Waals surface area contributed by atoms with E-state index in [2.05, 4.69) is 5.32 Å². The molecule has 1 aliphatic rings. The van der Waals surface area contributed by atoms with Crippen molar-refractivity contribution in [2.24, 2.45) is 0 Å². The number of carboxylic acid groups (broad SMARTS) is 1. The minimum absolute atomic E-state index is 0.128. The van der Waals surface area contributed by atoms with Crippen molar-refractivity contribution >= 4 is 28.9 Å².